The van der Waals surface area contributed by atoms with Crippen LogP contribution in [0.2, 0.25) is 10.0 Å². The number of nitrogens with one attached hydrogen (secondary N) is 2. The monoisotopic (exact) mass is 726 g/mol. The van der Waals surface area contributed by atoms with Crippen LogP contribution in [0.15, 0.2) is 48.8 Å². The van der Waals surface area contributed by atoms with E-state index >= 15 is 0 Å². The van der Waals surface area contributed by atoms with Crippen molar-refractivity contribution in [2.24, 2.45) is 0 Å². The molecule has 1 amide bonds. The summed E-state index contributed by atoms with van der Waals surface area (Å²) in [6.07, 6.45) is -1.15. The number of aliphatic carboxylic acids is 1. The van der Waals surface area contributed by atoms with Gasteiger partial charge in [0.25, 0.3) is 0 Å². The van der Waals surface area contributed by atoms with Crippen molar-refractivity contribution in [1.82, 2.24) is 29.6 Å². The minimum atomic E-state index is -5.08. The first-order chi connectivity index (χ1) is 23.0. The predicted molar refractivity (Wildman–Crippen MR) is 186 cm³/mol. The van der Waals surface area contributed by atoms with Crippen LogP contribution in [0.5, 0.6) is 0 Å². The van der Waals surface area contributed by atoms with Crippen molar-refractivity contribution in [3.8, 4) is 0 Å². The lowest BCUT2D eigenvalue weighted by Gasteiger charge is -2.35. The number of carboxylic acids is 1. The summed E-state index contributed by atoms with van der Waals surface area (Å²) in [6.45, 7) is 15.2. The van der Waals surface area contributed by atoms with Crippen LogP contribution in [0.25, 0.3) is 21.8 Å². The Kier molecular flexibility index (Phi) is 12.9. The van der Waals surface area contributed by atoms with Gasteiger partial charge in [-0.2, -0.15) is 13.2 Å². The van der Waals surface area contributed by atoms with Crippen LogP contribution in [0.1, 0.15) is 31.9 Å². The zero-order valence-corrected chi connectivity index (χ0v) is 29.6. The quantitative estimate of drug-likeness (QED) is 0.206. The van der Waals surface area contributed by atoms with E-state index in [0.717, 1.165) is 73.3 Å². The van der Waals surface area contributed by atoms with Crippen LogP contribution in [0, 0.1) is 0 Å². The Labute approximate surface area is 293 Å². The Morgan fingerprint density at radius 2 is 1.18 bits per heavy atom. The number of aromatic nitrogens is 2. The molecule has 2 aliphatic heterocycles. The van der Waals surface area contributed by atoms with Crippen molar-refractivity contribution in [2.75, 3.05) is 59.4 Å². The van der Waals surface area contributed by atoms with Gasteiger partial charge in [0.05, 0.1) is 0 Å². The third kappa shape index (κ3) is 11.5. The third-order valence-electron chi connectivity index (χ3n) is 8.11. The summed E-state index contributed by atoms with van der Waals surface area (Å²) in [4.78, 5) is 36.6. The molecular formula is C34H43Cl2F3N6O4. The molecule has 0 bridgehead atoms. The molecular weight excluding hydrogens is 684 g/mol. The third-order valence-corrected chi connectivity index (χ3v) is 8.58. The molecule has 6 rings (SSSR count). The first kappa shape index (κ1) is 38.3. The summed E-state index contributed by atoms with van der Waals surface area (Å²) >= 11 is 12.2. The highest BCUT2D eigenvalue weighted by Gasteiger charge is 2.38. The summed E-state index contributed by atoms with van der Waals surface area (Å²) in [5, 5.41) is 11.1. The molecule has 0 aliphatic carbocycles. The summed E-state index contributed by atoms with van der Waals surface area (Å²) < 4.78 is 37.2. The standard InChI is InChI=1S/C18H24ClN3O2.C14H18ClN3.C2HF3O2/c1-18(2,3)24-17(23)22-8-6-21(7-9-22)12-13-11-20-16-5-4-14(19)10-15(13)16;1-17-4-6-18(7-5-17)10-11-9-16-14-3-2-12(15)8-13(11)14;3-2(4,5)1(6)7/h4-5,10-11,20H,6-9,12H2,1-3H3;2-3,8-9,16H,4-7,10H2,1H3;(H,6,7). The molecule has 15 heteroatoms. The molecule has 0 unspecified atom stereocenters. The second kappa shape index (κ2) is 16.5. The van der Waals surface area contributed by atoms with Crippen molar-refractivity contribution in [2.45, 2.75) is 45.6 Å². The molecule has 10 nitrogen and oxygen atoms in total. The number of fused-ring (bicyclic) bond motifs is 2. The average molecular weight is 728 g/mol. The van der Waals surface area contributed by atoms with Gasteiger partial charge in [0, 0.05) is 110 Å². The first-order valence-electron chi connectivity index (χ1n) is 15.9. The zero-order chi connectivity index (χ0) is 35.9. The Morgan fingerprint density at radius 3 is 1.57 bits per heavy atom. The van der Waals surface area contributed by atoms with Gasteiger partial charge in [-0.25, -0.2) is 9.59 Å². The van der Waals surface area contributed by atoms with Gasteiger partial charge in [0.1, 0.15) is 5.60 Å². The molecule has 0 atom stereocenters. The minimum Gasteiger partial charge on any atom is -0.475 e. The number of benzene rings is 2. The molecule has 2 aliphatic rings. The number of carboxylic acid groups (broad SMARTS) is 1. The number of ether oxygens (including phenoxy) is 1. The maximum atomic E-state index is 12.1. The van der Waals surface area contributed by atoms with E-state index in [0.29, 0.717) is 13.1 Å². The summed E-state index contributed by atoms with van der Waals surface area (Å²) in [5.74, 6) is -2.76. The number of likely N-dealkylation sites (N-methyl/N-ethyl adjacent to an activating group) is 1. The number of halogens is 5. The van der Waals surface area contributed by atoms with Gasteiger partial charge < -0.3 is 29.6 Å². The fourth-order valence-corrected chi connectivity index (χ4v) is 5.81. The Morgan fingerprint density at radius 1 is 0.776 bits per heavy atom. The maximum Gasteiger partial charge on any atom is 0.490 e. The fourth-order valence-electron chi connectivity index (χ4n) is 5.47. The number of H-pyrrole nitrogens is 2. The second-order valence-corrected chi connectivity index (χ2v) is 14.0. The molecule has 0 radical (unpaired) electrons. The van der Waals surface area contributed by atoms with Gasteiger partial charge in [0.15, 0.2) is 0 Å². The highest BCUT2D eigenvalue weighted by molar-refractivity contribution is 6.31. The molecule has 2 aromatic heterocycles. The number of carbonyl (C=O) groups is 2. The number of hydrogen-bond acceptors (Lipinski definition) is 6. The lowest BCUT2D eigenvalue weighted by Crippen LogP contribution is -2.49. The molecule has 2 fully saturated rings. The molecule has 49 heavy (non-hydrogen) atoms. The molecule has 4 heterocycles. The number of amides is 1. The number of nitrogens with zero attached hydrogens (tertiary/aromatic N) is 4. The van der Waals surface area contributed by atoms with Gasteiger partial charge in [-0.3, -0.25) is 9.80 Å². The van der Waals surface area contributed by atoms with E-state index < -0.39 is 17.7 Å². The van der Waals surface area contributed by atoms with Gasteiger partial charge in [-0.1, -0.05) is 23.2 Å². The molecule has 2 aromatic carbocycles. The Bertz CT molecular complexity index is 1710. The van der Waals surface area contributed by atoms with Crippen LogP contribution in [0.3, 0.4) is 0 Å². The van der Waals surface area contributed by atoms with Crippen LogP contribution >= 0.6 is 23.2 Å². The van der Waals surface area contributed by atoms with Crippen molar-refractivity contribution in [3.05, 3.63) is 70.0 Å². The van der Waals surface area contributed by atoms with Crippen molar-refractivity contribution < 1.29 is 32.6 Å². The van der Waals surface area contributed by atoms with Crippen molar-refractivity contribution >= 4 is 57.1 Å². The Balaban J connectivity index is 0.000000190. The molecule has 268 valence electrons. The fraction of sp³-hybridized carbons (Fsp3) is 0.471. The number of aromatic amines is 2. The molecule has 0 saturated carbocycles. The van der Waals surface area contributed by atoms with E-state index in [-0.39, 0.29) is 6.09 Å². The summed E-state index contributed by atoms with van der Waals surface area (Å²) in [5.41, 5.74) is 4.40. The zero-order valence-electron chi connectivity index (χ0n) is 28.0. The highest BCUT2D eigenvalue weighted by Crippen LogP contribution is 2.25. The van der Waals surface area contributed by atoms with Crippen molar-refractivity contribution in [1.29, 1.82) is 0 Å². The van der Waals surface area contributed by atoms with Gasteiger partial charge in [-0.05, 0) is 75.3 Å². The molecule has 0 spiro atoms. The van der Waals surface area contributed by atoms with Crippen molar-refractivity contribution in [3.63, 3.8) is 0 Å². The smallest absolute Gasteiger partial charge is 0.475 e. The number of piperazine rings is 2. The first-order valence-corrected chi connectivity index (χ1v) is 16.7. The highest BCUT2D eigenvalue weighted by atomic mass is 35.5. The van der Waals surface area contributed by atoms with Gasteiger partial charge in [-0.15, -0.1) is 0 Å². The lowest BCUT2D eigenvalue weighted by molar-refractivity contribution is -0.192. The van der Waals surface area contributed by atoms with E-state index in [4.69, 9.17) is 37.8 Å². The number of alkyl halides is 3. The van der Waals surface area contributed by atoms with E-state index in [2.05, 4.69) is 44.0 Å². The van der Waals surface area contributed by atoms with Crippen LogP contribution < -0.4 is 0 Å². The van der Waals surface area contributed by atoms with E-state index in [1.165, 1.54) is 22.0 Å². The Hall–Kier alpha value is -3.49. The summed E-state index contributed by atoms with van der Waals surface area (Å²) in [7, 11) is 2.18. The largest absolute Gasteiger partial charge is 0.490 e. The SMILES string of the molecule is CC(C)(C)OC(=O)N1CCN(Cc2c[nH]c3ccc(Cl)cc23)CC1.CN1CCN(Cc2c[nH]c3ccc(Cl)cc23)CC1.O=C(O)C(F)(F)F. The van der Waals surface area contributed by atoms with Gasteiger partial charge in [0.2, 0.25) is 0 Å². The summed E-state index contributed by atoms with van der Waals surface area (Å²) in [6, 6.07) is 11.9. The molecule has 4 aromatic rings. The predicted octanol–water partition coefficient (Wildman–Crippen LogP) is 7.08. The van der Waals surface area contributed by atoms with Crippen LogP contribution in [-0.2, 0) is 22.6 Å². The number of hydrogen-bond donors (Lipinski definition) is 3. The van der Waals surface area contributed by atoms with E-state index in [9.17, 15) is 18.0 Å². The lowest BCUT2D eigenvalue weighted by atomic mass is 10.1. The van der Waals surface area contributed by atoms with Crippen LogP contribution in [-0.4, -0.2) is 118 Å². The van der Waals surface area contributed by atoms with E-state index in [1.807, 2.05) is 57.3 Å². The molecule has 2 saturated heterocycles. The normalized spacial score (nSPS) is 16.6. The van der Waals surface area contributed by atoms with Crippen LogP contribution in [0.4, 0.5) is 18.0 Å². The maximum absolute atomic E-state index is 12.1. The van der Waals surface area contributed by atoms with Gasteiger partial charge >= 0.3 is 18.2 Å². The second-order valence-electron chi connectivity index (χ2n) is 13.1. The number of rotatable bonds is 4. The number of carbonyl (C=O) groups excluding carboxylic acids is 1. The van der Waals surface area contributed by atoms with E-state index in [1.54, 1.807) is 4.90 Å². The topological polar surface area (TPSA) is 108 Å². The molecule has 3 N–H and O–H groups in total. The average Bonchev–Trinajstić information content (AvgIpc) is 3.61. The minimum absolute atomic E-state index is 0.221.